The second kappa shape index (κ2) is 6.75. The Morgan fingerprint density at radius 3 is 3.00 bits per heavy atom. The zero-order valence-corrected chi connectivity index (χ0v) is 12.4. The van der Waals surface area contributed by atoms with Crippen molar-refractivity contribution in [2.75, 3.05) is 13.7 Å². The summed E-state index contributed by atoms with van der Waals surface area (Å²) in [5.74, 6) is 0.380. The Morgan fingerprint density at radius 2 is 2.30 bits per heavy atom. The molecule has 2 atom stereocenters. The Bertz CT molecular complexity index is 473. The molecule has 0 bridgehead atoms. The molecule has 2 rings (SSSR count). The molecule has 0 saturated carbocycles. The van der Waals surface area contributed by atoms with Crippen molar-refractivity contribution >= 4 is 5.97 Å². The second-order valence-corrected chi connectivity index (χ2v) is 5.19. The SMILES string of the molecule is CCCNC1CCc2cc(OC(C)C(=O)OC)ccc21. The molecule has 4 heteroatoms. The molecule has 0 aliphatic heterocycles. The van der Waals surface area contributed by atoms with E-state index in [1.54, 1.807) is 6.92 Å². The van der Waals surface area contributed by atoms with Crippen LogP contribution in [0.1, 0.15) is 43.9 Å². The highest BCUT2D eigenvalue weighted by molar-refractivity contribution is 5.74. The molecule has 2 unspecified atom stereocenters. The molecule has 0 aromatic heterocycles. The fraction of sp³-hybridized carbons (Fsp3) is 0.562. The maximum Gasteiger partial charge on any atom is 0.346 e. The van der Waals surface area contributed by atoms with Crippen molar-refractivity contribution < 1.29 is 14.3 Å². The van der Waals surface area contributed by atoms with Gasteiger partial charge in [-0.15, -0.1) is 0 Å². The molecule has 20 heavy (non-hydrogen) atoms. The topological polar surface area (TPSA) is 47.6 Å². The lowest BCUT2D eigenvalue weighted by molar-refractivity contribution is -0.147. The number of carbonyl (C=O) groups excluding carboxylic acids is 1. The predicted octanol–water partition coefficient (Wildman–Crippen LogP) is 2.61. The van der Waals surface area contributed by atoms with Gasteiger partial charge < -0.3 is 14.8 Å². The van der Waals surface area contributed by atoms with Crippen LogP contribution < -0.4 is 10.1 Å². The molecule has 0 radical (unpaired) electrons. The lowest BCUT2D eigenvalue weighted by atomic mass is 10.1. The van der Waals surface area contributed by atoms with E-state index in [0.717, 1.165) is 31.6 Å². The summed E-state index contributed by atoms with van der Waals surface area (Å²) in [6.45, 7) is 4.92. The summed E-state index contributed by atoms with van der Waals surface area (Å²) < 4.78 is 10.3. The standard InChI is InChI=1S/C16H23NO3/c1-4-9-17-15-8-5-12-10-13(6-7-14(12)15)20-11(2)16(18)19-3/h6-7,10-11,15,17H,4-5,8-9H2,1-3H3. The van der Waals surface area contributed by atoms with Gasteiger partial charge in [0.1, 0.15) is 5.75 Å². The van der Waals surface area contributed by atoms with Gasteiger partial charge in [-0.1, -0.05) is 13.0 Å². The van der Waals surface area contributed by atoms with Gasteiger partial charge >= 0.3 is 5.97 Å². The highest BCUT2D eigenvalue weighted by Gasteiger charge is 2.23. The number of hydrogen-bond acceptors (Lipinski definition) is 4. The van der Waals surface area contributed by atoms with E-state index in [9.17, 15) is 4.79 Å². The number of methoxy groups -OCH3 is 1. The van der Waals surface area contributed by atoms with Gasteiger partial charge in [0.05, 0.1) is 7.11 Å². The van der Waals surface area contributed by atoms with E-state index in [-0.39, 0.29) is 5.97 Å². The Balaban J connectivity index is 2.04. The second-order valence-electron chi connectivity index (χ2n) is 5.19. The normalized spacial score (nSPS) is 18.4. The van der Waals surface area contributed by atoms with Crippen molar-refractivity contribution in [3.8, 4) is 5.75 Å². The van der Waals surface area contributed by atoms with Gasteiger partial charge in [0.15, 0.2) is 6.10 Å². The van der Waals surface area contributed by atoms with Crippen LogP contribution in [0, 0.1) is 0 Å². The molecule has 1 aromatic carbocycles. The number of esters is 1. The third-order valence-corrected chi connectivity index (χ3v) is 3.68. The van der Waals surface area contributed by atoms with Gasteiger partial charge in [0, 0.05) is 6.04 Å². The van der Waals surface area contributed by atoms with Crippen LogP contribution >= 0.6 is 0 Å². The average molecular weight is 277 g/mol. The van der Waals surface area contributed by atoms with Crippen LogP contribution in [0.4, 0.5) is 0 Å². The van der Waals surface area contributed by atoms with Gasteiger partial charge in [-0.25, -0.2) is 4.79 Å². The summed E-state index contributed by atoms with van der Waals surface area (Å²) in [5.41, 5.74) is 2.67. The molecule has 1 N–H and O–H groups in total. The first-order chi connectivity index (χ1) is 9.65. The van der Waals surface area contributed by atoms with E-state index >= 15 is 0 Å². The van der Waals surface area contributed by atoms with Crippen molar-refractivity contribution in [3.05, 3.63) is 29.3 Å². The maximum atomic E-state index is 11.4. The molecule has 0 spiro atoms. The molecular formula is C16H23NO3. The molecule has 4 nitrogen and oxygen atoms in total. The molecule has 1 aromatic rings. The number of aryl methyl sites for hydroxylation is 1. The van der Waals surface area contributed by atoms with Gasteiger partial charge in [-0.05, 0) is 56.0 Å². The van der Waals surface area contributed by atoms with Crippen molar-refractivity contribution in [3.63, 3.8) is 0 Å². The minimum absolute atomic E-state index is 0.354. The van der Waals surface area contributed by atoms with E-state index in [1.807, 2.05) is 12.1 Å². The third-order valence-electron chi connectivity index (χ3n) is 3.68. The Kier molecular flexibility index (Phi) is 5.01. The quantitative estimate of drug-likeness (QED) is 0.812. The molecule has 110 valence electrons. The molecule has 1 aliphatic rings. The van der Waals surface area contributed by atoms with Crippen LogP contribution in [-0.4, -0.2) is 25.7 Å². The number of carbonyl (C=O) groups is 1. The summed E-state index contributed by atoms with van der Waals surface area (Å²) in [6, 6.07) is 6.54. The van der Waals surface area contributed by atoms with Gasteiger partial charge in [-0.3, -0.25) is 0 Å². The predicted molar refractivity (Wildman–Crippen MR) is 77.9 cm³/mol. The third kappa shape index (κ3) is 3.31. The van der Waals surface area contributed by atoms with Crippen LogP contribution in [0.3, 0.4) is 0 Å². The highest BCUT2D eigenvalue weighted by atomic mass is 16.6. The first-order valence-electron chi connectivity index (χ1n) is 7.26. The van der Waals surface area contributed by atoms with Crippen LogP contribution in [0.5, 0.6) is 5.75 Å². The summed E-state index contributed by atoms with van der Waals surface area (Å²) in [5, 5.41) is 3.56. The molecule has 0 heterocycles. The molecule has 0 amide bonds. The van der Waals surface area contributed by atoms with Crippen LogP contribution in [-0.2, 0) is 16.0 Å². The summed E-state index contributed by atoms with van der Waals surface area (Å²) in [7, 11) is 1.37. The lowest BCUT2D eigenvalue weighted by Crippen LogP contribution is -2.25. The van der Waals surface area contributed by atoms with Crippen molar-refractivity contribution in [2.24, 2.45) is 0 Å². The fourth-order valence-corrected chi connectivity index (χ4v) is 2.62. The lowest BCUT2D eigenvalue weighted by Gasteiger charge is -2.15. The number of nitrogens with one attached hydrogen (secondary N) is 1. The number of ether oxygens (including phenoxy) is 2. The van der Waals surface area contributed by atoms with Crippen molar-refractivity contribution in [1.29, 1.82) is 0 Å². The van der Waals surface area contributed by atoms with Gasteiger partial charge in [0.2, 0.25) is 0 Å². The molecule has 1 aliphatic carbocycles. The first-order valence-corrected chi connectivity index (χ1v) is 7.26. The van der Waals surface area contributed by atoms with Crippen LogP contribution in [0.2, 0.25) is 0 Å². The van der Waals surface area contributed by atoms with Gasteiger partial charge in [-0.2, -0.15) is 0 Å². The van der Waals surface area contributed by atoms with E-state index in [2.05, 4.69) is 23.0 Å². The summed E-state index contributed by atoms with van der Waals surface area (Å²) in [6.07, 6.45) is 2.75. The van der Waals surface area contributed by atoms with Crippen LogP contribution in [0.25, 0.3) is 0 Å². The summed E-state index contributed by atoms with van der Waals surface area (Å²) in [4.78, 5) is 11.4. The van der Waals surface area contributed by atoms with E-state index in [0.29, 0.717) is 6.04 Å². The number of fused-ring (bicyclic) bond motifs is 1. The van der Waals surface area contributed by atoms with E-state index < -0.39 is 6.10 Å². The molecule has 0 saturated heterocycles. The van der Waals surface area contributed by atoms with Crippen molar-refractivity contribution in [1.82, 2.24) is 5.32 Å². The smallest absolute Gasteiger partial charge is 0.346 e. The monoisotopic (exact) mass is 277 g/mol. The molecule has 0 fully saturated rings. The fourth-order valence-electron chi connectivity index (χ4n) is 2.62. The maximum absolute atomic E-state index is 11.4. The largest absolute Gasteiger partial charge is 0.479 e. The van der Waals surface area contributed by atoms with E-state index in [4.69, 9.17) is 4.74 Å². The Labute approximate surface area is 120 Å². The average Bonchev–Trinajstić information content (AvgIpc) is 2.86. The highest BCUT2D eigenvalue weighted by Crippen LogP contribution is 2.33. The van der Waals surface area contributed by atoms with E-state index in [1.165, 1.54) is 18.2 Å². The minimum atomic E-state index is -0.575. The number of rotatable bonds is 6. The number of hydrogen-bond donors (Lipinski definition) is 1. The zero-order valence-electron chi connectivity index (χ0n) is 12.4. The van der Waals surface area contributed by atoms with Crippen LogP contribution in [0.15, 0.2) is 18.2 Å². The van der Waals surface area contributed by atoms with Gasteiger partial charge in [0.25, 0.3) is 0 Å². The Hall–Kier alpha value is -1.55. The molecular weight excluding hydrogens is 254 g/mol. The zero-order chi connectivity index (χ0) is 14.5. The minimum Gasteiger partial charge on any atom is -0.479 e. The summed E-state index contributed by atoms with van der Waals surface area (Å²) >= 11 is 0. The Morgan fingerprint density at radius 1 is 1.50 bits per heavy atom. The van der Waals surface area contributed by atoms with Crippen molar-refractivity contribution in [2.45, 2.75) is 45.3 Å². The number of benzene rings is 1. The first kappa shape index (κ1) is 14.9.